The van der Waals surface area contributed by atoms with Crippen LogP contribution in [0.15, 0.2) is 66.0 Å². The van der Waals surface area contributed by atoms with Gasteiger partial charge in [-0.2, -0.15) is 0 Å². The fourth-order valence-corrected chi connectivity index (χ4v) is 4.20. The van der Waals surface area contributed by atoms with Crippen molar-refractivity contribution in [2.75, 3.05) is 32.1 Å². The summed E-state index contributed by atoms with van der Waals surface area (Å²) in [5, 5.41) is 3.73. The number of carbonyl (C=O) groups excluding carboxylic acids is 2. The summed E-state index contributed by atoms with van der Waals surface area (Å²) in [5.41, 5.74) is 1.61. The number of hydrogen-bond donors (Lipinski definition) is 2. The maximum Gasteiger partial charge on any atom is 0.347 e. The number of piperidine rings is 1. The third-order valence-electron chi connectivity index (χ3n) is 6.25. The van der Waals surface area contributed by atoms with Crippen molar-refractivity contribution in [3.63, 3.8) is 0 Å². The highest BCUT2D eigenvalue weighted by atomic mass is 19.1. The highest BCUT2D eigenvalue weighted by Crippen LogP contribution is 2.30. The van der Waals surface area contributed by atoms with Gasteiger partial charge in [-0.3, -0.25) is 4.79 Å². The van der Waals surface area contributed by atoms with Crippen molar-refractivity contribution >= 4 is 34.5 Å². The lowest BCUT2D eigenvalue weighted by Crippen LogP contribution is -2.32. The molecule has 1 fully saturated rings. The molecule has 9 heteroatoms. The highest BCUT2D eigenvalue weighted by molar-refractivity contribution is 6.26. The Morgan fingerprint density at radius 1 is 1.29 bits per heavy atom. The number of H-pyrrole nitrogens is 1. The molecule has 0 radical (unpaired) electrons. The predicted octanol–water partition coefficient (Wildman–Crippen LogP) is 3.85. The second-order valence-electron chi connectivity index (χ2n) is 8.76. The van der Waals surface area contributed by atoms with E-state index in [2.05, 4.69) is 27.2 Å². The smallest absolute Gasteiger partial charge is 0.347 e. The Bertz CT molecular complexity index is 1320. The Balaban J connectivity index is 1.40. The van der Waals surface area contributed by atoms with Crippen LogP contribution in [0.25, 0.3) is 17.1 Å². The number of ether oxygens (including phenoxy) is 2. The number of aromatic amines is 1. The quantitative estimate of drug-likeness (QED) is 0.317. The number of ketones is 1. The number of Topliss-reactive ketones (excluding diaryl/α,β-unsaturated/α-hetero) is 1. The van der Waals surface area contributed by atoms with Crippen LogP contribution in [0.1, 0.15) is 18.4 Å². The van der Waals surface area contributed by atoms with Crippen LogP contribution < -0.4 is 5.32 Å². The molecule has 0 unspecified atom stereocenters. The Morgan fingerprint density at radius 2 is 2.06 bits per heavy atom. The van der Waals surface area contributed by atoms with E-state index >= 15 is 0 Å². The van der Waals surface area contributed by atoms with E-state index in [0.29, 0.717) is 16.9 Å². The first-order valence-electron chi connectivity index (χ1n) is 11.5. The molecule has 0 aliphatic carbocycles. The number of anilines is 1. The number of esters is 1. The lowest BCUT2D eigenvalue weighted by molar-refractivity contribution is -0.141. The highest BCUT2D eigenvalue weighted by Gasteiger charge is 2.37. The minimum atomic E-state index is -0.748. The number of pyridine rings is 1. The van der Waals surface area contributed by atoms with Crippen LogP contribution in [0.2, 0.25) is 0 Å². The molecule has 2 aromatic heterocycles. The van der Waals surface area contributed by atoms with Crippen molar-refractivity contribution < 1.29 is 23.5 Å². The van der Waals surface area contributed by atoms with Crippen LogP contribution in [0.4, 0.5) is 10.1 Å². The summed E-state index contributed by atoms with van der Waals surface area (Å²) in [6, 6.07) is 9.18. The molecule has 1 aromatic carbocycles. The summed E-state index contributed by atoms with van der Waals surface area (Å²) >= 11 is 0. The van der Waals surface area contributed by atoms with Gasteiger partial charge < -0.3 is 24.7 Å². The van der Waals surface area contributed by atoms with Crippen LogP contribution in [0.3, 0.4) is 0 Å². The molecule has 2 N–H and O–H groups in total. The first-order valence-corrected chi connectivity index (χ1v) is 11.5. The van der Waals surface area contributed by atoms with E-state index in [-0.39, 0.29) is 29.7 Å². The summed E-state index contributed by atoms with van der Waals surface area (Å²) in [5.74, 6) is -1.55. The van der Waals surface area contributed by atoms with Gasteiger partial charge in [0.15, 0.2) is 11.3 Å². The summed E-state index contributed by atoms with van der Waals surface area (Å²) < 4.78 is 24.7. The van der Waals surface area contributed by atoms with Crippen LogP contribution in [-0.4, -0.2) is 53.4 Å². The van der Waals surface area contributed by atoms with Gasteiger partial charge in [-0.05, 0) is 81.4 Å². The first-order chi connectivity index (χ1) is 17.0. The number of allylic oxidation sites excluding steroid dienone is 1. The molecule has 4 heterocycles. The van der Waals surface area contributed by atoms with Crippen LogP contribution in [0.5, 0.6) is 0 Å². The van der Waals surface area contributed by atoms with Gasteiger partial charge in [-0.25, -0.2) is 14.2 Å². The monoisotopic (exact) mass is 476 g/mol. The molecule has 0 spiro atoms. The van der Waals surface area contributed by atoms with Gasteiger partial charge in [0.25, 0.3) is 0 Å². The Kier molecular flexibility index (Phi) is 6.33. The molecule has 2 aliphatic heterocycles. The molecule has 0 atom stereocenters. The van der Waals surface area contributed by atoms with Crippen LogP contribution in [0, 0.1) is 11.7 Å². The van der Waals surface area contributed by atoms with E-state index in [9.17, 15) is 14.0 Å². The maximum absolute atomic E-state index is 13.4. The standard InChI is InChI=1S/C26H25FN4O4/c1-31-11-8-16(9-12-31)15-34-26(33)22-23(32)21(13-17-14-29-24-20(17)3-2-10-28-24)35-25(22)30-19-6-4-18(27)5-7-19/h2-7,10,13-14,16,30H,8-9,11-12,15H2,1H3,(H,28,29)/b21-13-. The second-order valence-corrected chi connectivity index (χ2v) is 8.76. The largest absolute Gasteiger partial charge is 0.462 e. The molecule has 0 bridgehead atoms. The lowest BCUT2D eigenvalue weighted by atomic mass is 9.98. The molecule has 35 heavy (non-hydrogen) atoms. The molecule has 1 saturated heterocycles. The number of aromatic nitrogens is 2. The zero-order valence-electron chi connectivity index (χ0n) is 19.2. The van der Waals surface area contributed by atoms with Crippen LogP contribution >= 0.6 is 0 Å². The van der Waals surface area contributed by atoms with Gasteiger partial charge >= 0.3 is 5.97 Å². The average molecular weight is 477 g/mol. The summed E-state index contributed by atoms with van der Waals surface area (Å²) in [6.07, 6.45) is 6.79. The number of carbonyl (C=O) groups is 2. The number of hydrogen-bond acceptors (Lipinski definition) is 7. The maximum atomic E-state index is 13.4. The van der Waals surface area contributed by atoms with Gasteiger partial charge in [0, 0.05) is 29.0 Å². The third-order valence-corrected chi connectivity index (χ3v) is 6.25. The van der Waals surface area contributed by atoms with Gasteiger partial charge in [0.1, 0.15) is 11.5 Å². The molecule has 5 rings (SSSR count). The molecule has 180 valence electrons. The number of nitrogens with zero attached hydrogens (tertiary/aromatic N) is 2. The van der Waals surface area contributed by atoms with Gasteiger partial charge in [0.2, 0.25) is 11.7 Å². The second kappa shape index (κ2) is 9.71. The minimum absolute atomic E-state index is 0.0226. The van der Waals surface area contributed by atoms with E-state index in [1.165, 1.54) is 24.3 Å². The molecular weight excluding hydrogens is 451 g/mol. The van der Waals surface area contributed by atoms with E-state index in [1.807, 2.05) is 6.07 Å². The zero-order valence-corrected chi connectivity index (χ0v) is 19.2. The summed E-state index contributed by atoms with van der Waals surface area (Å²) in [4.78, 5) is 35.8. The van der Waals surface area contributed by atoms with Crippen molar-refractivity contribution in [3.8, 4) is 0 Å². The third kappa shape index (κ3) is 4.95. The molecule has 2 aliphatic rings. The van der Waals surface area contributed by atoms with Gasteiger partial charge in [0.05, 0.1) is 6.61 Å². The number of likely N-dealkylation sites (tertiary alicyclic amines) is 1. The van der Waals surface area contributed by atoms with Crippen molar-refractivity contribution in [2.24, 2.45) is 5.92 Å². The lowest BCUT2D eigenvalue weighted by Gasteiger charge is -2.28. The van der Waals surface area contributed by atoms with E-state index in [1.54, 1.807) is 24.5 Å². The van der Waals surface area contributed by atoms with Gasteiger partial charge in [-0.15, -0.1) is 0 Å². The summed E-state index contributed by atoms with van der Waals surface area (Å²) in [6.45, 7) is 2.12. The topological polar surface area (TPSA) is 96.6 Å². The van der Waals surface area contributed by atoms with Crippen molar-refractivity contribution in [1.29, 1.82) is 0 Å². The Morgan fingerprint density at radius 3 is 2.83 bits per heavy atom. The molecule has 8 nitrogen and oxygen atoms in total. The SMILES string of the molecule is CN1CCC(COC(=O)C2=C(Nc3ccc(F)cc3)O/C(=C\c3c[nH]c4ncccc34)C2=O)CC1. The molecular formula is C26H25FN4O4. The molecule has 0 saturated carbocycles. The molecule has 3 aromatic rings. The Labute approximate surface area is 201 Å². The van der Waals surface area contributed by atoms with Gasteiger partial charge in [-0.1, -0.05) is 0 Å². The van der Waals surface area contributed by atoms with Crippen molar-refractivity contribution in [2.45, 2.75) is 12.8 Å². The number of rotatable bonds is 6. The normalized spacial score (nSPS) is 18.3. The number of halogens is 1. The zero-order chi connectivity index (χ0) is 24.4. The van der Waals surface area contributed by atoms with E-state index < -0.39 is 17.6 Å². The van der Waals surface area contributed by atoms with Crippen molar-refractivity contribution in [3.05, 3.63) is 77.4 Å². The molecule has 0 amide bonds. The number of fused-ring (bicyclic) bond motifs is 1. The first kappa shape index (κ1) is 22.8. The number of nitrogens with one attached hydrogen (secondary N) is 2. The fraction of sp³-hybridized carbons (Fsp3) is 0.269. The Hall–Kier alpha value is -3.98. The minimum Gasteiger partial charge on any atom is -0.462 e. The number of benzene rings is 1. The van der Waals surface area contributed by atoms with Crippen LogP contribution in [-0.2, 0) is 19.1 Å². The predicted molar refractivity (Wildman–Crippen MR) is 128 cm³/mol. The average Bonchev–Trinajstić information content (AvgIpc) is 3.41. The van der Waals surface area contributed by atoms with E-state index in [0.717, 1.165) is 31.3 Å². The summed E-state index contributed by atoms with van der Waals surface area (Å²) in [7, 11) is 2.06. The van der Waals surface area contributed by atoms with E-state index in [4.69, 9.17) is 9.47 Å². The fourth-order valence-electron chi connectivity index (χ4n) is 4.20. The van der Waals surface area contributed by atoms with Crippen molar-refractivity contribution in [1.82, 2.24) is 14.9 Å².